The lowest BCUT2D eigenvalue weighted by molar-refractivity contribution is 1.41. The zero-order chi connectivity index (χ0) is 40.0. The predicted molar refractivity (Wildman–Crippen MR) is 262 cm³/mol. The lowest BCUT2D eigenvalue weighted by atomic mass is 9.85. The Morgan fingerprint density at radius 3 is 1.18 bits per heavy atom. The lowest BCUT2D eigenvalue weighted by Gasteiger charge is -2.18. The van der Waals surface area contributed by atoms with Crippen LogP contribution < -0.4 is 0 Å². The van der Waals surface area contributed by atoms with Crippen molar-refractivity contribution < 1.29 is 0 Å². The third-order valence-corrected chi connectivity index (χ3v) is 13.9. The lowest BCUT2D eigenvalue weighted by Crippen LogP contribution is -1.91. The zero-order valence-electron chi connectivity index (χ0n) is 32.9. The van der Waals surface area contributed by atoms with E-state index in [1.807, 2.05) is 35.9 Å². The van der Waals surface area contributed by atoms with E-state index < -0.39 is 0 Å². The summed E-state index contributed by atoms with van der Waals surface area (Å²) in [5, 5.41) is 14.8. The van der Waals surface area contributed by atoms with Crippen molar-refractivity contribution in [3.05, 3.63) is 207 Å². The molecule has 0 saturated carbocycles. The summed E-state index contributed by atoms with van der Waals surface area (Å²) in [6.07, 6.45) is 3.76. The van der Waals surface area contributed by atoms with Gasteiger partial charge in [0.25, 0.3) is 0 Å². The number of hydrogen-bond acceptors (Lipinski definition) is 3. The summed E-state index contributed by atoms with van der Waals surface area (Å²) in [5.74, 6) is 0. The van der Waals surface area contributed by atoms with Crippen molar-refractivity contribution >= 4 is 96.4 Å². The summed E-state index contributed by atoms with van der Waals surface area (Å²) in [6.45, 7) is 0. The van der Waals surface area contributed by atoms with Gasteiger partial charge < -0.3 is 0 Å². The Morgan fingerprint density at radius 2 is 0.705 bits per heavy atom. The van der Waals surface area contributed by atoms with Gasteiger partial charge in [0, 0.05) is 48.9 Å². The highest BCUT2D eigenvalue weighted by atomic mass is 32.1. The Morgan fingerprint density at radius 1 is 0.295 bits per heavy atom. The first kappa shape index (κ1) is 34.2. The van der Waals surface area contributed by atoms with Crippen LogP contribution in [-0.4, -0.2) is 9.97 Å². The van der Waals surface area contributed by atoms with Crippen LogP contribution in [0.4, 0.5) is 0 Å². The molecule has 61 heavy (non-hydrogen) atoms. The van der Waals surface area contributed by atoms with Crippen LogP contribution in [0.2, 0.25) is 0 Å². The van der Waals surface area contributed by atoms with Gasteiger partial charge in [0.05, 0.1) is 11.0 Å². The molecule has 0 atom stereocenters. The minimum atomic E-state index is 1.01. The van der Waals surface area contributed by atoms with E-state index in [1.165, 1.54) is 108 Å². The standard InChI is InChI=1S/C58H34N2S/c1-3-16-43-41(14-1)54(37-26-24-35-12-10-30-59-51(35)32-37)42-15-2-4-17-44(42)56(43)39-28-29-40-49-22-9-23-50(58(49)61-53(40)34-39)57-47-20-7-5-18-45(47)55(46-19-6-8-21-48(46)57)38-27-25-36-13-11-31-60-52(36)33-38/h1-34H. The molecular formula is C58H34N2S. The largest absolute Gasteiger partial charge is 0.256 e. The van der Waals surface area contributed by atoms with E-state index in [0.29, 0.717) is 0 Å². The molecule has 0 spiro atoms. The Labute approximate surface area is 355 Å². The molecule has 2 nitrogen and oxygen atoms in total. The molecule has 10 aromatic carbocycles. The third-order valence-electron chi connectivity index (χ3n) is 12.7. The average molecular weight is 791 g/mol. The number of fused-ring (bicyclic) bond motifs is 9. The topological polar surface area (TPSA) is 25.8 Å². The fraction of sp³-hybridized carbons (Fsp3) is 0. The number of nitrogens with zero attached hydrogens (tertiary/aromatic N) is 2. The number of aromatic nitrogens is 2. The van der Waals surface area contributed by atoms with E-state index in [-0.39, 0.29) is 0 Å². The summed E-state index contributed by atoms with van der Waals surface area (Å²) in [4.78, 5) is 9.45. The smallest absolute Gasteiger partial charge is 0.0708 e. The van der Waals surface area contributed by atoms with Crippen LogP contribution in [0.5, 0.6) is 0 Å². The molecule has 282 valence electrons. The van der Waals surface area contributed by atoms with E-state index in [2.05, 4.69) is 182 Å². The van der Waals surface area contributed by atoms with Gasteiger partial charge in [0.15, 0.2) is 0 Å². The van der Waals surface area contributed by atoms with Gasteiger partial charge in [-0.2, -0.15) is 0 Å². The molecule has 13 rings (SSSR count). The number of benzene rings is 10. The minimum Gasteiger partial charge on any atom is -0.256 e. The van der Waals surface area contributed by atoms with Crippen LogP contribution in [0.15, 0.2) is 207 Å². The third kappa shape index (κ3) is 5.21. The van der Waals surface area contributed by atoms with E-state index in [0.717, 1.165) is 21.8 Å². The van der Waals surface area contributed by atoms with Crippen LogP contribution in [0.1, 0.15) is 0 Å². The molecule has 0 aliphatic rings. The summed E-state index contributed by atoms with van der Waals surface area (Å²) in [6, 6.07) is 71.4. The Hall–Kier alpha value is -7.72. The second kappa shape index (κ2) is 13.4. The van der Waals surface area contributed by atoms with E-state index in [9.17, 15) is 0 Å². The maximum absolute atomic E-state index is 4.73. The fourth-order valence-corrected chi connectivity index (χ4v) is 11.3. The van der Waals surface area contributed by atoms with Crippen LogP contribution in [0, 0.1) is 0 Å². The highest BCUT2D eigenvalue weighted by Crippen LogP contribution is 2.50. The molecular weight excluding hydrogens is 757 g/mol. The van der Waals surface area contributed by atoms with Crippen molar-refractivity contribution in [2.75, 3.05) is 0 Å². The van der Waals surface area contributed by atoms with E-state index in [1.54, 1.807) is 0 Å². The summed E-state index contributed by atoms with van der Waals surface area (Å²) in [7, 11) is 0. The molecule has 0 radical (unpaired) electrons. The molecule has 3 heterocycles. The van der Waals surface area contributed by atoms with Crippen LogP contribution >= 0.6 is 11.3 Å². The number of rotatable bonds is 4. The molecule has 0 fully saturated rings. The summed E-state index contributed by atoms with van der Waals surface area (Å²) >= 11 is 1.91. The van der Waals surface area contributed by atoms with Crippen LogP contribution in [-0.2, 0) is 0 Å². The van der Waals surface area contributed by atoms with Gasteiger partial charge in [-0.15, -0.1) is 11.3 Å². The highest BCUT2D eigenvalue weighted by Gasteiger charge is 2.21. The molecule has 0 amide bonds. The Balaban J connectivity index is 1.03. The molecule has 3 heteroatoms. The number of pyridine rings is 2. The van der Waals surface area contributed by atoms with Crippen molar-refractivity contribution in [3.63, 3.8) is 0 Å². The first-order valence-electron chi connectivity index (χ1n) is 20.8. The second-order valence-electron chi connectivity index (χ2n) is 16.0. The van der Waals surface area contributed by atoms with Crippen LogP contribution in [0.3, 0.4) is 0 Å². The molecule has 0 N–H and O–H groups in total. The highest BCUT2D eigenvalue weighted by molar-refractivity contribution is 7.26. The van der Waals surface area contributed by atoms with Crippen LogP contribution in [0.25, 0.3) is 130 Å². The second-order valence-corrected chi connectivity index (χ2v) is 17.1. The normalized spacial score (nSPS) is 11.9. The van der Waals surface area contributed by atoms with E-state index >= 15 is 0 Å². The molecule has 0 bridgehead atoms. The Bertz CT molecular complexity index is 3840. The van der Waals surface area contributed by atoms with Crippen molar-refractivity contribution in [3.8, 4) is 44.5 Å². The van der Waals surface area contributed by atoms with Gasteiger partial charge >= 0.3 is 0 Å². The molecule has 0 unspecified atom stereocenters. The van der Waals surface area contributed by atoms with Gasteiger partial charge in [-0.3, -0.25) is 9.97 Å². The van der Waals surface area contributed by atoms with Crippen molar-refractivity contribution in [1.82, 2.24) is 9.97 Å². The molecule has 0 saturated heterocycles. The quantitative estimate of drug-likeness (QED) is 0.166. The first-order chi connectivity index (χ1) is 30.3. The van der Waals surface area contributed by atoms with Gasteiger partial charge in [-0.05, 0) is 112 Å². The van der Waals surface area contributed by atoms with Gasteiger partial charge in [-0.1, -0.05) is 164 Å². The SMILES string of the molecule is c1cnc2cc(-c3c4ccccc4c(-c4ccc5c(c4)sc4c(-c6c7ccccc7c(-c7ccc8cccnc8c7)c7ccccc67)cccc45)c4ccccc34)ccc2c1. The van der Waals surface area contributed by atoms with Crippen molar-refractivity contribution in [1.29, 1.82) is 0 Å². The van der Waals surface area contributed by atoms with E-state index in [4.69, 9.17) is 9.97 Å². The monoisotopic (exact) mass is 790 g/mol. The zero-order valence-corrected chi connectivity index (χ0v) is 33.7. The molecule has 0 aliphatic heterocycles. The van der Waals surface area contributed by atoms with Crippen molar-refractivity contribution in [2.24, 2.45) is 0 Å². The maximum atomic E-state index is 4.73. The Kier molecular flexibility index (Phi) is 7.51. The molecule has 0 aliphatic carbocycles. The fourth-order valence-electron chi connectivity index (χ4n) is 10.1. The minimum absolute atomic E-state index is 1.01. The van der Waals surface area contributed by atoms with Gasteiger partial charge in [0.2, 0.25) is 0 Å². The molecule has 3 aromatic heterocycles. The maximum Gasteiger partial charge on any atom is 0.0708 e. The number of hydrogen-bond donors (Lipinski definition) is 0. The summed E-state index contributed by atoms with van der Waals surface area (Å²) < 4.78 is 2.59. The van der Waals surface area contributed by atoms with Crippen molar-refractivity contribution in [2.45, 2.75) is 0 Å². The summed E-state index contributed by atoms with van der Waals surface area (Å²) in [5.41, 5.74) is 11.9. The predicted octanol–water partition coefficient (Wildman–Crippen LogP) is 16.4. The van der Waals surface area contributed by atoms with Gasteiger partial charge in [-0.25, -0.2) is 0 Å². The first-order valence-corrected chi connectivity index (χ1v) is 21.6. The number of thiophene rings is 1. The average Bonchev–Trinajstić information content (AvgIpc) is 3.70. The van der Waals surface area contributed by atoms with Gasteiger partial charge in [0.1, 0.15) is 0 Å². The molecule has 13 aromatic rings.